The molecule has 0 amide bonds. The van der Waals surface area contributed by atoms with Gasteiger partial charge in [0.1, 0.15) is 0 Å². The fourth-order valence-corrected chi connectivity index (χ4v) is 3.29. The summed E-state index contributed by atoms with van der Waals surface area (Å²) in [5.41, 5.74) is 8.73. The number of aryl methyl sites for hydroxylation is 1. The minimum absolute atomic E-state index is 0.102. The van der Waals surface area contributed by atoms with Crippen LogP contribution >= 0.6 is 22.9 Å². The summed E-state index contributed by atoms with van der Waals surface area (Å²) in [5, 5.41) is 0. The molecule has 2 aromatic rings. The van der Waals surface area contributed by atoms with Crippen LogP contribution in [0.2, 0.25) is 4.34 Å². The molecule has 0 saturated carbocycles. The van der Waals surface area contributed by atoms with Crippen LogP contribution in [0.5, 0.6) is 0 Å². The Bertz CT molecular complexity index is 536. The summed E-state index contributed by atoms with van der Waals surface area (Å²) < 4.78 is 0.852. The molecule has 4 heteroatoms. The Morgan fingerprint density at radius 1 is 1.20 bits per heavy atom. The van der Waals surface area contributed by atoms with Gasteiger partial charge in [-0.2, -0.15) is 0 Å². The smallest absolute Gasteiger partial charge is 0.0931 e. The summed E-state index contributed by atoms with van der Waals surface area (Å²) in [6.45, 7) is 4.00. The van der Waals surface area contributed by atoms with Crippen molar-refractivity contribution >= 4 is 22.9 Å². The largest absolute Gasteiger partial charge is 0.324 e. The fraction of sp³-hybridized carbons (Fsp3) is 0.375. The van der Waals surface area contributed by atoms with Crippen LogP contribution in [0.15, 0.2) is 36.4 Å². The number of nitrogens with two attached hydrogens (primary N) is 1. The summed E-state index contributed by atoms with van der Waals surface area (Å²) in [7, 11) is 2.12. The molecule has 1 unspecified atom stereocenters. The summed E-state index contributed by atoms with van der Waals surface area (Å²) in [5.74, 6) is 0. The zero-order valence-corrected chi connectivity index (χ0v) is 13.5. The maximum atomic E-state index is 6.25. The average Bonchev–Trinajstić information content (AvgIpc) is 2.82. The van der Waals surface area contributed by atoms with E-state index < -0.39 is 0 Å². The van der Waals surface area contributed by atoms with Crippen molar-refractivity contribution in [2.24, 2.45) is 5.73 Å². The Morgan fingerprint density at radius 3 is 2.50 bits per heavy atom. The molecule has 0 spiro atoms. The van der Waals surface area contributed by atoms with Crippen molar-refractivity contribution in [2.75, 3.05) is 13.6 Å². The van der Waals surface area contributed by atoms with E-state index in [0.717, 1.165) is 23.8 Å². The molecule has 1 heterocycles. The van der Waals surface area contributed by atoms with Crippen LogP contribution < -0.4 is 5.73 Å². The lowest BCUT2D eigenvalue weighted by Gasteiger charge is -2.19. The third kappa shape index (κ3) is 4.60. The van der Waals surface area contributed by atoms with Gasteiger partial charge >= 0.3 is 0 Å². The first-order valence-electron chi connectivity index (χ1n) is 6.79. The molecule has 0 radical (unpaired) electrons. The highest BCUT2D eigenvalue weighted by atomic mass is 35.5. The maximum absolute atomic E-state index is 6.25. The monoisotopic (exact) mass is 308 g/mol. The molecule has 2 N–H and O–H groups in total. The first-order chi connectivity index (χ1) is 9.54. The van der Waals surface area contributed by atoms with Crippen molar-refractivity contribution in [3.05, 3.63) is 56.7 Å². The minimum atomic E-state index is 0.102. The molecule has 0 aliphatic carbocycles. The van der Waals surface area contributed by atoms with Gasteiger partial charge in [0.2, 0.25) is 0 Å². The second-order valence-corrected chi connectivity index (χ2v) is 7.05. The first-order valence-corrected chi connectivity index (χ1v) is 7.99. The number of hydrogen-bond donors (Lipinski definition) is 1. The van der Waals surface area contributed by atoms with Gasteiger partial charge < -0.3 is 10.6 Å². The van der Waals surface area contributed by atoms with E-state index in [1.807, 2.05) is 6.07 Å². The molecule has 0 aliphatic rings. The lowest BCUT2D eigenvalue weighted by molar-refractivity contribution is 0.314. The highest BCUT2D eigenvalue weighted by molar-refractivity contribution is 7.16. The normalized spacial score (nSPS) is 12.8. The van der Waals surface area contributed by atoms with Crippen molar-refractivity contribution in [3.63, 3.8) is 0 Å². The topological polar surface area (TPSA) is 29.3 Å². The number of halogens is 1. The molecule has 0 fully saturated rings. The quantitative estimate of drug-likeness (QED) is 0.865. The number of hydrogen-bond acceptors (Lipinski definition) is 3. The van der Waals surface area contributed by atoms with Gasteiger partial charge in [0.15, 0.2) is 0 Å². The summed E-state index contributed by atoms with van der Waals surface area (Å²) in [4.78, 5) is 3.58. The van der Waals surface area contributed by atoms with Gasteiger partial charge in [0.25, 0.3) is 0 Å². The van der Waals surface area contributed by atoms with Crippen LogP contribution in [0.25, 0.3) is 0 Å². The third-order valence-electron chi connectivity index (χ3n) is 3.38. The van der Waals surface area contributed by atoms with Gasteiger partial charge in [0.05, 0.1) is 4.34 Å². The maximum Gasteiger partial charge on any atom is 0.0931 e. The number of benzene rings is 1. The summed E-state index contributed by atoms with van der Waals surface area (Å²) in [6.07, 6.45) is 0.957. The van der Waals surface area contributed by atoms with E-state index in [9.17, 15) is 0 Å². The first kappa shape index (κ1) is 15.5. The van der Waals surface area contributed by atoms with Crippen LogP contribution in [-0.2, 0) is 6.54 Å². The van der Waals surface area contributed by atoms with E-state index in [1.54, 1.807) is 11.3 Å². The highest BCUT2D eigenvalue weighted by Gasteiger charge is 2.08. The van der Waals surface area contributed by atoms with Crippen molar-refractivity contribution in [2.45, 2.75) is 25.9 Å². The molecule has 0 saturated heterocycles. The Hall–Kier alpha value is -0.870. The van der Waals surface area contributed by atoms with Gasteiger partial charge in [0, 0.05) is 24.0 Å². The van der Waals surface area contributed by atoms with E-state index in [4.69, 9.17) is 17.3 Å². The molecule has 2 rings (SSSR count). The minimum Gasteiger partial charge on any atom is -0.324 e. The number of nitrogens with zero attached hydrogens (tertiary/aromatic N) is 1. The SMILES string of the molecule is Cc1ccc(C(N)CCN(C)Cc2ccc(Cl)s2)cc1. The van der Waals surface area contributed by atoms with Crippen LogP contribution in [0.3, 0.4) is 0 Å². The zero-order valence-electron chi connectivity index (χ0n) is 12.0. The number of thiophene rings is 1. The molecular formula is C16H21ClN2S. The fourth-order valence-electron chi connectivity index (χ4n) is 2.12. The van der Waals surface area contributed by atoms with Gasteiger partial charge in [-0.1, -0.05) is 41.4 Å². The predicted octanol–water partition coefficient (Wildman–Crippen LogP) is 4.23. The molecule has 0 aliphatic heterocycles. The molecule has 1 atom stereocenters. The third-order valence-corrected chi connectivity index (χ3v) is 4.60. The second-order valence-electron chi connectivity index (χ2n) is 5.25. The van der Waals surface area contributed by atoms with Crippen LogP contribution in [-0.4, -0.2) is 18.5 Å². The Labute approximate surface area is 130 Å². The number of rotatable bonds is 6. The Morgan fingerprint density at radius 2 is 1.90 bits per heavy atom. The van der Waals surface area contributed by atoms with E-state index in [0.29, 0.717) is 0 Å². The molecule has 0 bridgehead atoms. The molecule has 1 aromatic heterocycles. The summed E-state index contributed by atoms with van der Waals surface area (Å²) >= 11 is 7.58. The second kappa shape index (κ2) is 7.23. The average molecular weight is 309 g/mol. The van der Waals surface area contributed by atoms with Crippen LogP contribution in [0.1, 0.15) is 28.5 Å². The van der Waals surface area contributed by atoms with Crippen molar-refractivity contribution < 1.29 is 0 Å². The van der Waals surface area contributed by atoms with Crippen LogP contribution in [0.4, 0.5) is 0 Å². The molecular weight excluding hydrogens is 288 g/mol. The molecule has 108 valence electrons. The van der Waals surface area contributed by atoms with Crippen molar-refractivity contribution in [3.8, 4) is 0 Å². The standard InChI is InChI=1S/C16H21ClN2S/c1-12-3-5-13(6-4-12)15(18)9-10-19(2)11-14-7-8-16(17)20-14/h3-8,15H,9-11,18H2,1-2H3. The van der Waals surface area contributed by atoms with E-state index in [2.05, 4.69) is 49.2 Å². The van der Waals surface area contributed by atoms with E-state index in [-0.39, 0.29) is 6.04 Å². The lowest BCUT2D eigenvalue weighted by atomic mass is 10.0. The zero-order chi connectivity index (χ0) is 14.5. The molecule has 2 nitrogen and oxygen atoms in total. The molecule has 1 aromatic carbocycles. The van der Waals surface area contributed by atoms with Gasteiger partial charge in [-0.05, 0) is 38.1 Å². The summed E-state index contributed by atoms with van der Waals surface area (Å²) in [6, 6.07) is 12.6. The van der Waals surface area contributed by atoms with Gasteiger partial charge in [-0.25, -0.2) is 0 Å². The van der Waals surface area contributed by atoms with E-state index >= 15 is 0 Å². The lowest BCUT2D eigenvalue weighted by Crippen LogP contribution is -2.23. The Kier molecular flexibility index (Phi) is 5.61. The predicted molar refractivity (Wildman–Crippen MR) is 88.4 cm³/mol. The highest BCUT2D eigenvalue weighted by Crippen LogP contribution is 2.23. The molecule has 20 heavy (non-hydrogen) atoms. The van der Waals surface area contributed by atoms with Gasteiger partial charge in [-0.15, -0.1) is 11.3 Å². The van der Waals surface area contributed by atoms with Crippen molar-refractivity contribution in [1.82, 2.24) is 4.90 Å². The van der Waals surface area contributed by atoms with Crippen LogP contribution in [0, 0.1) is 6.92 Å². The van der Waals surface area contributed by atoms with Crippen molar-refractivity contribution in [1.29, 1.82) is 0 Å². The Balaban J connectivity index is 1.80. The van der Waals surface area contributed by atoms with E-state index in [1.165, 1.54) is 16.0 Å². The van der Waals surface area contributed by atoms with Gasteiger partial charge in [-0.3, -0.25) is 0 Å².